The van der Waals surface area contributed by atoms with Crippen molar-refractivity contribution >= 4 is 11.8 Å². The van der Waals surface area contributed by atoms with Crippen molar-refractivity contribution < 1.29 is 9.59 Å². The Morgan fingerprint density at radius 2 is 1.71 bits per heavy atom. The topological polar surface area (TPSA) is 40.6 Å². The first kappa shape index (κ1) is 10.5. The Hall–Kier alpha value is -1.68. The van der Waals surface area contributed by atoms with Crippen molar-refractivity contribution in [3.05, 3.63) is 35.4 Å². The fraction of sp³-hybridized carbons (Fsp3) is 0.385. The van der Waals surface area contributed by atoms with Crippen LogP contribution in [0.25, 0.3) is 0 Å². The number of nitrogens with zero attached hydrogens (tertiary/aromatic N) is 2. The highest BCUT2D eigenvalue weighted by Gasteiger charge is 2.41. The van der Waals surface area contributed by atoms with Crippen LogP contribution >= 0.6 is 0 Å². The van der Waals surface area contributed by atoms with E-state index in [2.05, 4.69) is 4.90 Å². The van der Waals surface area contributed by atoms with Gasteiger partial charge in [0.15, 0.2) is 0 Å². The number of amides is 2. The molecule has 4 nitrogen and oxygen atoms in total. The van der Waals surface area contributed by atoms with E-state index in [1.807, 2.05) is 7.05 Å². The van der Waals surface area contributed by atoms with E-state index < -0.39 is 0 Å². The molecule has 1 saturated heterocycles. The number of benzene rings is 1. The van der Waals surface area contributed by atoms with Gasteiger partial charge in [-0.3, -0.25) is 14.5 Å². The third-order valence-electron chi connectivity index (χ3n) is 3.56. The van der Waals surface area contributed by atoms with Gasteiger partial charge in [0.1, 0.15) is 0 Å². The predicted octanol–water partition coefficient (Wildman–Crippen LogP) is 0.987. The van der Waals surface area contributed by atoms with E-state index >= 15 is 0 Å². The average molecular weight is 230 g/mol. The Morgan fingerprint density at radius 3 is 2.18 bits per heavy atom. The van der Waals surface area contributed by atoms with Crippen LogP contribution in [0, 0.1) is 0 Å². The number of hydrogen-bond acceptors (Lipinski definition) is 3. The first-order valence-electron chi connectivity index (χ1n) is 5.84. The number of rotatable bonds is 1. The summed E-state index contributed by atoms with van der Waals surface area (Å²) in [5.41, 5.74) is 1.10. The van der Waals surface area contributed by atoms with Gasteiger partial charge in [0, 0.05) is 6.54 Å². The summed E-state index contributed by atoms with van der Waals surface area (Å²) in [6.07, 6.45) is 0.877. The van der Waals surface area contributed by atoms with Gasteiger partial charge in [-0.1, -0.05) is 12.1 Å². The average Bonchev–Trinajstić information content (AvgIpc) is 2.84. The van der Waals surface area contributed by atoms with Crippen LogP contribution in [0.15, 0.2) is 24.3 Å². The van der Waals surface area contributed by atoms with Gasteiger partial charge < -0.3 is 4.90 Å². The molecule has 0 spiro atoms. The van der Waals surface area contributed by atoms with E-state index in [1.165, 1.54) is 4.90 Å². The highest BCUT2D eigenvalue weighted by Crippen LogP contribution is 2.27. The Bertz CT molecular complexity index is 463. The molecule has 0 saturated carbocycles. The molecular formula is C13H14N2O2. The molecule has 0 aliphatic carbocycles. The Labute approximate surface area is 99.8 Å². The van der Waals surface area contributed by atoms with Gasteiger partial charge in [-0.15, -0.1) is 0 Å². The molecule has 1 aromatic rings. The smallest absolute Gasteiger partial charge is 0.261 e. The molecule has 17 heavy (non-hydrogen) atoms. The van der Waals surface area contributed by atoms with Gasteiger partial charge in [-0.25, -0.2) is 0 Å². The monoisotopic (exact) mass is 230 g/mol. The van der Waals surface area contributed by atoms with Crippen LogP contribution in [0.2, 0.25) is 0 Å². The summed E-state index contributed by atoms with van der Waals surface area (Å²) in [6, 6.07) is 7.10. The molecule has 2 aliphatic rings. The first-order chi connectivity index (χ1) is 8.18. The molecule has 0 bridgehead atoms. The maximum absolute atomic E-state index is 12.2. The maximum atomic E-state index is 12.2. The molecule has 1 atom stereocenters. The third kappa shape index (κ3) is 1.48. The predicted molar refractivity (Wildman–Crippen MR) is 62.8 cm³/mol. The van der Waals surface area contributed by atoms with Crippen molar-refractivity contribution in [2.45, 2.75) is 12.5 Å². The molecular weight excluding hydrogens is 216 g/mol. The van der Waals surface area contributed by atoms with E-state index in [0.717, 1.165) is 19.5 Å². The number of carbonyl (C=O) groups is 2. The van der Waals surface area contributed by atoms with Crippen LogP contribution in [-0.2, 0) is 0 Å². The van der Waals surface area contributed by atoms with Gasteiger partial charge in [0.25, 0.3) is 11.8 Å². The van der Waals surface area contributed by atoms with Crippen LogP contribution in [0.3, 0.4) is 0 Å². The molecule has 2 heterocycles. The van der Waals surface area contributed by atoms with Crippen LogP contribution in [0.4, 0.5) is 0 Å². The van der Waals surface area contributed by atoms with Crippen LogP contribution in [0.5, 0.6) is 0 Å². The Kier molecular flexibility index (Phi) is 2.26. The fourth-order valence-corrected chi connectivity index (χ4v) is 2.66. The zero-order valence-electron chi connectivity index (χ0n) is 9.72. The Morgan fingerprint density at radius 1 is 1.12 bits per heavy atom. The van der Waals surface area contributed by atoms with Crippen molar-refractivity contribution in [2.24, 2.45) is 0 Å². The van der Waals surface area contributed by atoms with E-state index in [-0.39, 0.29) is 17.9 Å². The molecule has 2 aliphatic heterocycles. The fourth-order valence-electron chi connectivity index (χ4n) is 2.66. The lowest BCUT2D eigenvalue weighted by atomic mass is 10.1. The first-order valence-corrected chi connectivity index (χ1v) is 5.84. The molecule has 88 valence electrons. The standard InChI is InChI=1S/C13H14N2O2/c1-14-7-6-9(8-14)15-12(16)10-4-2-3-5-11(10)13(15)17/h2-5,9H,6-8H2,1H3/t9-/m0/s1. The highest BCUT2D eigenvalue weighted by molar-refractivity contribution is 6.21. The molecule has 1 fully saturated rings. The SMILES string of the molecule is CN1CC[C@H](N2C(=O)c3ccccc3C2=O)C1. The van der Waals surface area contributed by atoms with Crippen molar-refractivity contribution in [3.8, 4) is 0 Å². The molecule has 0 N–H and O–H groups in total. The van der Waals surface area contributed by atoms with E-state index in [9.17, 15) is 9.59 Å². The Balaban J connectivity index is 1.95. The lowest BCUT2D eigenvalue weighted by Gasteiger charge is -2.21. The van der Waals surface area contributed by atoms with E-state index in [0.29, 0.717) is 11.1 Å². The van der Waals surface area contributed by atoms with Gasteiger partial charge in [-0.2, -0.15) is 0 Å². The maximum Gasteiger partial charge on any atom is 0.261 e. The minimum atomic E-state index is -0.133. The zero-order chi connectivity index (χ0) is 12.0. The van der Waals surface area contributed by atoms with Crippen LogP contribution in [0.1, 0.15) is 27.1 Å². The highest BCUT2D eigenvalue weighted by atomic mass is 16.2. The van der Waals surface area contributed by atoms with Gasteiger partial charge in [0.05, 0.1) is 17.2 Å². The van der Waals surface area contributed by atoms with Crippen molar-refractivity contribution in [1.29, 1.82) is 0 Å². The summed E-state index contributed by atoms with van der Waals surface area (Å²) < 4.78 is 0. The van der Waals surface area contributed by atoms with Crippen molar-refractivity contribution in [2.75, 3.05) is 20.1 Å². The van der Waals surface area contributed by atoms with E-state index in [4.69, 9.17) is 0 Å². The van der Waals surface area contributed by atoms with E-state index in [1.54, 1.807) is 24.3 Å². The second-order valence-electron chi connectivity index (χ2n) is 4.73. The van der Waals surface area contributed by atoms with Gasteiger partial charge >= 0.3 is 0 Å². The van der Waals surface area contributed by atoms with Crippen LogP contribution < -0.4 is 0 Å². The molecule has 4 heteroatoms. The minimum absolute atomic E-state index is 0.0346. The number of carbonyl (C=O) groups excluding carboxylic acids is 2. The number of hydrogen-bond donors (Lipinski definition) is 0. The van der Waals surface area contributed by atoms with Crippen LogP contribution in [-0.4, -0.2) is 47.8 Å². The normalized spacial score (nSPS) is 24.5. The number of likely N-dealkylation sites (tertiary alicyclic amines) is 1. The number of likely N-dealkylation sites (N-methyl/N-ethyl adjacent to an activating group) is 1. The van der Waals surface area contributed by atoms with Crippen molar-refractivity contribution in [1.82, 2.24) is 9.80 Å². The largest absolute Gasteiger partial charge is 0.304 e. The van der Waals surface area contributed by atoms with Crippen molar-refractivity contribution in [3.63, 3.8) is 0 Å². The lowest BCUT2D eigenvalue weighted by molar-refractivity contribution is 0.0590. The summed E-state index contributed by atoms with van der Waals surface area (Å²) in [5.74, 6) is -0.267. The molecule has 0 aromatic heterocycles. The third-order valence-corrected chi connectivity index (χ3v) is 3.56. The number of imide groups is 1. The summed E-state index contributed by atoms with van der Waals surface area (Å²) in [7, 11) is 2.01. The second-order valence-corrected chi connectivity index (χ2v) is 4.73. The molecule has 3 rings (SSSR count). The minimum Gasteiger partial charge on any atom is -0.304 e. The molecule has 0 radical (unpaired) electrons. The quantitative estimate of drug-likeness (QED) is 0.675. The molecule has 2 amide bonds. The van der Waals surface area contributed by atoms with Gasteiger partial charge in [-0.05, 0) is 32.1 Å². The lowest BCUT2D eigenvalue weighted by Crippen LogP contribution is -2.41. The van der Waals surface area contributed by atoms with Gasteiger partial charge in [0.2, 0.25) is 0 Å². The molecule has 1 aromatic carbocycles. The summed E-state index contributed by atoms with van der Waals surface area (Å²) in [6.45, 7) is 1.73. The second kappa shape index (κ2) is 3.67. The molecule has 0 unspecified atom stereocenters. The zero-order valence-corrected chi connectivity index (χ0v) is 9.72. The summed E-state index contributed by atoms with van der Waals surface area (Å²) in [4.78, 5) is 28.0. The summed E-state index contributed by atoms with van der Waals surface area (Å²) >= 11 is 0. The number of fused-ring (bicyclic) bond motifs is 1. The summed E-state index contributed by atoms with van der Waals surface area (Å²) in [5, 5.41) is 0.